The average Bonchev–Trinajstić information content (AvgIpc) is 2.91. The number of H-pyrrole nitrogens is 1. The molecule has 0 aromatic carbocycles. The third-order valence-electron chi connectivity index (χ3n) is 2.07. The van der Waals surface area contributed by atoms with Crippen LogP contribution in [0.25, 0.3) is 0 Å². The molecule has 8 heteroatoms. The fraction of sp³-hybridized carbons (Fsp3) is 0.0909. The standard InChI is InChI=1S/C11H10N4O3S/c16-5-1-2-9-3-4-13-10(6-9)15-19(17,18)11-7-12-8-14-11/h3-4,6-8,16H,5H2,(H,12,14)(H,13,15). The van der Waals surface area contributed by atoms with Crippen molar-refractivity contribution in [3.8, 4) is 11.8 Å². The van der Waals surface area contributed by atoms with Gasteiger partial charge in [-0.05, 0) is 12.1 Å². The van der Waals surface area contributed by atoms with Gasteiger partial charge in [0.2, 0.25) is 0 Å². The SMILES string of the molecule is O=S(=O)(Nc1cc(C#CCO)ccn1)c1cnc[nH]1. The third-order valence-corrected chi connectivity index (χ3v) is 3.35. The van der Waals surface area contributed by atoms with Crippen LogP contribution in [0.3, 0.4) is 0 Å². The number of nitrogens with zero attached hydrogens (tertiary/aromatic N) is 2. The molecule has 98 valence electrons. The van der Waals surface area contributed by atoms with E-state index < -0.39 is 10.0 Å². The summed E-state index contributed by atoms with van der Waals surface area (Å²) in [4.78, 5) is 10.0. The topological polar surface area (TPSA) is 108 Å². The van der Waals surface area contributed by atoms with Crippen molar-refractivity contribution >= 4 is 15.8 Å². The number of anilines is 1. The molecular formula is C11H10N4O3S. The van der Waals surface area contributed by atoms with Crippen molar-refractivity contribution in [1.82, 2.24) is 15.0 Å². The summed E-state index contributed by atoms with van der Waals surface area (Å²) in [5.41, 5.74) is 0.548. The highest BCUT2D eigenvalue weighted by atomic mass is 32.2. The Balaban J connectivity index is 2.25. The maximum Gasteiger partial charge on any atom is 0.280 e. The molecule has 0 amide bonds. The van der Waals surface area contributed by atoms with Crippen LogP contribution in [0, 0.1) is 11.8 Å². The molecular weight excluding hydrogens is 268 g/mol. The smallest absolute Gasteiger partial charge is 0.280 e. The summed E-state index contributed by atoms with van der Waals surface area (Å²) in [5, 5.41) is 8.54. The lowest BCUT2D eigenvalue weighted by Crippen LogP contribution is -2.14. The Morgan fingerprint density at radius 2 is 2.32 bits per heavy atom. The number of nitrogens with one attached hydrogen (secondary N) is 2. The molecule has 0 fully saturated rings. The lowest BCUT2D eigenvalue weighted by atomic mass is 10.2. The van der Waals surface area contributed by atoms with Gasteiger partial charge < -0.3 is 10.1 Å². The monoisotopic (exact) mass is 278 g/mol. The minimum atomic E-state index is -3.74. The van der Waals surface area contributed by atoms with E-state index in [4.69, 9.17) is 5.11 Å². The first-order chi connectivity index (χ1) is 9.12. The molecule has 0 atom stereocenters. The van der Waals surface area contributed by atoms with E-state index in [1.165, 1.54) is 24.8 Å². The second-order valence-corrected chi connectivity index (χ2v) is 5.06. The van der Waals surface area contributed by atoms with Crippen molar-refractivity contribution in [2.75, 3.05) is 11.3 Å². The van der Waals surface area contributed by atoms with Crippen molar-refractivity contribution in [3.05, 3.63) is 36.4 Å². The Morgan fingerprint density at radius 3 is 3.00 bits per heavy atom. The van der Waals surface area contributed by atoms with Crippen molar-refractivity contribution in [2.45, 2.75) is 5.03 Å². The van der Waals surface area contributed by atoms with Gasteiger partial charge in [0, 0.05) is 11.8 Å². The first kappa shape index (κ1) is 13.1. The zero-order chi connectivity index (χ0) is 13.7. The highest BCUT2D eigenvalue weighted by Crippen LogP contribution is 2.12. The third kappa shape index (κ3) is 3.31. The summed E-state index contributed by atoms with van der Waals surface area (Å²) < 4.78 is 26.1. The predicted octanol–water partition coefficient (Wildman–Crippen LogP) is -0.0507. The van der Waals surface area contributed by atoms with Crippen molar-refractivity contribution < 1.29 is 13.5 Å². The van der Waals surface area contributed by atoms with E-state index in [0.717, 1.165) is 0 Å². The molecule has 2 aromatic rings. The Bertz CT molecular complexity index is 714. The van der Waals surface area contributed by atoms with Crippen LogP contribution in [-0.2, 0) is 10.0 Å². The highest BCUT2D eigenvalue weighted by Gasteiger charge is 2.16. The number of imidazole rings is 1. The van der Waals surface area contributed by atoms with Gasteiger partial charge in [-0.25, -0.2) is 9.97 Å². The van der Waals surface area contributed by atoms with Crippen molar-refractivity contribution in [3.63, 3.8) is 0 Å². The van der Waals surface area contributed by atoms with Gasteiger partial charge in [-0.3, -0.25) is 4.72 Å². The predicted molar refractivity (Wildman–Crippen MR) is 67.6 cm³/mol. The normalized spacial score (nSPS) is 10.6. The van der Waals surface area contributed by atoms with Gasteiger partial charge in [0.25, 0.3) is 10.0 Å². The first-order valence-electron chi connectivity index (χ1n) is 5.19. The highest BCUT2D eigenvalue weighted by molar-refractivity contribution is 7.92. The van der Waals surface area contributed by atoms with Crippen molar-refractivity contribution in [2.24, 2.45) is 0 Å². The number of aliphatic hydroxyl groups is 1. The number of rotatable bonds is 3. The van der Waals surface area contributed by atoms with Gasteiger partial charge in [0.1, 0.15) is 12.4 Å². The van der Waals surface area contributed by atoms with Crippen LogP contribution in [0.4, 0.5) is 5.82 Å². The van der Waals surface area contributed by atoms with E-state index in [-0.39, 0.29) is 17.5 Å². The minimum Gasteiger partial charge on any atom is -0.384 e. The lowest BCUT2D eigenvalue weighted by molar-refractivity contribution is 0.350. The molecule has 3 N–H and O–H groups in total. The number of aliphatic hydroxyl groups excluding tert-OH is 1. The molecule has 0 radical (unpaired) electrons. The molecule has 0 saturated heterocycles. The van der Waals surface area contributed by atoms with Gasteiger partial charge in [-0.1, -0.05) is 11.8 Å². The van der Waals surface area contributed by atoms with Gasteiger partial charge in [-0.15, -0.1) is 0 Å². The molecule has 2 heterocycles. The summed E-state index contributed by atoms with van der Waals surface area (Å²) in [5.74, 6) is 5.27. The van der Waals surface area contributed by atoms with Crippen LogP contribution >= 0.6 is 0 Å². The molecule has 0 spiro atoms. The zero-order valence-corrected chi connectivity index (χ0v) is 10.5. The number of pyridine rings is 1. The van der Waals surface area contributed by atoms with E-state index in [1.807, 2.05) is 0 Å². The molecule has 2 aromatic heterocycles. The Morgan fingerprint density at radius 1 is 1.47 bits per heavy atom. The average molecular weight is 278 g/mol. The summed E-state index contributed by atoms with van der Waals surface area (Å²) in [6.45, 7) is -0.266. The molecule has 2 rings (SSSR count). The molecule has 0 unspecified atom stereocenters. The molecule has 7 nitrogen and oxygen atoms in total. The maximum atomic E-state index is 11.9. The van der Waals surface area contributed by atoms with E-state index in [0.29, 0.717) is 5.56 Å². The zero-order valence-electron chi connectivity index (χ0n) is 9.66. The van der Waals surface area contributed by atoms with Crippen LogP contribution in [0.5, 0.6) is 0 Å². The number of hydrogen-bond donors (Lipinski definition) is 3. The van der Waals surface area contributed by atoms with Crippen LogP contribution in [0.15, 0.2) is 35.9 Å². The number of sulfonamides is 1. The fourth-order valence-electron chi connectivity index (χ4n) is 1.29. The van der Waals surface area contributed by atoms with Gasteiger partial charge in [-0.2, -0.15) is 8.42 Å². The lowest BCUT2D eigenvalue weighted by Gasteiger charge is -2.05. The number of hydrogen-bond acceptors (Lipinski definition) is 5. The van der Waals surface area contributed by atoms with Crippen molar-refractivity contribution in [1.29, 1.82) is 0 Å². The Labute approximate surface area is 109 Å². The molecule has 0 bridgehead atoms. The Hall–Kier alpha value is -2.37. The van der Waals surface area contributed by atoms with Gasteiger partial charge in [0.05, 0.1) is 12.5 Å². The summed E-state index contributed by atoms with van der Waals surface area (Å²) in [7, 11) is -3.74. The second kappa shape index (κ2) is 5.51. The van der Waals surface area contributed by atoms with Crippen LogP contribution in [0.1, 0.15) is 5.56 Å². The molecule has 0 aliphatic rings. The number of aromatic nitrogens is 3. The number of aromatic amines is 1. The Kier molecular flexibility index (Phi) is 3.79. The molecule has 19 heavy (non-hydrogen) atoms. The first-order valence-corrected chi connectivity index (χ1v) is 6.67. The molecule has 0 aliphatic heterocycles. The second-order valence-electron chi connectivity index (χ2n) is 3.41. The summed E-state index contributed by atoms with van der Waals surface area (Å²) in [6, 6.07) is 3.08. The minimum absolute atomic E-state index is 0.0545. The molecule has 0 saturated carbocycles. The van der Waals surface area contributed by atoms with Crippen LogP contribution in [-0.4, -0.2) is 35.1 Å². The van der Waals surface area contributed by atoms with Crippen LogP contribution in [0.2, 0.25) is 0 Å². The van der Waals surface area contributed by atoms with Gasteiger partial charge in [0.15, 0.2) is 5.03 Å². The largest absolute Gasteiger partial charge is 0.384 e. The van der Waals surface area contributed by atoms with Gasteiger partial charge >= 0.3 is 0 Å². The van der Waals surface area contributed by atoms with Crippen LogP contribution < -0.4 is 4.72 Å². The summed E-state index contributed by atoms with van der Waals surface area (Å²) >= 11 is 0. The fourth-order valence-corrected chi connectivity index (χ4v) is 2.19. The van der Waals surface area contributed by atoms with E-state index in [2.05, 4.69) is 31.5 Å². The van der Waals surface area contributed by atoms with E-state index >= 15 is 0 Å². The van der Waals surface area contributed by atoms with E-state index in [9.17, 15) is 8.42 Å². The molecule has 0 aliphatic carbocycles. The summed E-state index contributed by atoms with van der Waals surface area (Å²) in [6.07, 6.45) is 3.88. The van der Waals surface area contributed by atoms with E-state index in [1.54, 1.807) is 6.07 Å². The maximum absolute atomic E-state index is 11.9. The quantitative estimate of drug-likeness (QED) is 0.682.